The molecule has 1 aromatic carbocycles. The van der Waals surface area contributed by atoms with Gasteiger partial charge >= 0.3 is 0 Å². The van der Waals surface area contributed by atoms with Crippen LogP contribution >= 0.6 is 27.7 Å². The summed E-state index contributed by atoms with van der Waals surface area (Å²) in [6.07, 6.45) is 5.28. The lowest BCUT2D eigenvalue weighted by Gasteiger charge is -2.25. The molecule has 0 bridgehead atoms. The van der Waals surface area contributed by atoms with Crippen molar-refractivity contribution < 1.29 is 4.79 Å². The first-order chi connectivity index (χ1) is 12.5. The van der Waals surface area contributed by atoms with E-state index in [2.05, 4.69) is 38.0 Å². The van der Waals surface area contributed by atoms with Crippen molar-refractivity contribution in [1.29, 1.82) is 0 Å². The molecule has 1 fully saturated rings. The molecule has 2 heterocycles. The van der Waals surface area contributed by atoms with E-state index in [1.54, 1.807) is 11.8 Å². The molecule has 1 saturated heterocycles. The number of aryl methyl sites for hydroxylation is 2. The van der Waals surface area contributed by atoms with E-state index in [0.717, 1.165) is 46.0 Å². The van der Waals surface area contributed by atoms with E-state index in [1.807, 2.05) is 37.1 Å². The Balaban J connectivity index is 1.70. The van der Waals surface area contributed by atoms with Crippen LogP contribution in [0.1, 0.15) is 47.8 Å². The molecular weight excluding hydrogens is 410 g/mol. The van der Waals surface area contributed by atoms with E-state index in [9.17, 15) is 4.79 Å². The number of rotatable bonds is 5. The first-order valence-electron chi connectivity index (χ1n) is 8.92. The quantitative estimate of drug-likeness (QED) is 0.498. The number of hydrogen-bond donors (Lipinski definition) is 0. The second-order valence-electron chi connectivity index (χ2n) is 6.66. The van der Waals surface area contributed by atoms with Gasteiger partial charge in [0.05, 0.1) is 6.04 Å². The van der Waals surface area contributed by atoms with E-state index in [-0.39, 0.29) is 11.9 Å². The number of hydrogen-bond acceptors (Lipinski definition) is 4. The van der Waals surface area contributed by atoms with Crippen LogP contribution in [0.2, 0.25) is 0 Å². The number of carbonyl (C=O) groups is 1. The van der Waals surface area contributed by atoms with Crippen molar-refractivity contribution in [1.82, 2.24) is 14.9 Å². The van der Waals surface area contributed by atoms with Crippen LogP contribution in [0.4, 0.5) is 0 Å². The maximum Gasteiger partial charge on any atom is 0.223 e. The maximum absolute atomic E-state index is 12.9. The zero-order valence-corrected chi connectivity index (χ0v) is 17.9. The minimum Gasteiger partial charge on any atom is -0.336 e. The Bertz CT molecular complexity index is 788. The highest BCUT2D eigenvalue weighted by Gasteiger charge is 2.29. The Morgan fingerprint density at radius 1 is 1.31 bits per heavy atom. The molecule has 4 nitrogen and oxygen atoms in total. The summed E-state index contributed by atoms with van der Waals surface area (Å²) < 4.78 is 1.06. The summed E-state index contributed by atoms with van der Waals surface area (Å²) in [6, 6.07) is 8.49. The predicted molar refractivity (Wildman–Crippen MR) is 109 cm³/mol. The fraction of sp³-hybridized carbons (Fsp3) is 0.450. The van der Waals surface area contributed by atoms with E-state index in [4.69, 9.17) is 0 Å². The Hall–Kier alpha value is -1.40. The van der Waals surface area contributed by atoms with Crippen LogP contribution in [-0.4, -0.2) is 33.6 Å². The standard InChI is InChI=1S/C20H24BrN3OS/c1-13-17(14(2)23-20(22-13)26-3)9-10-19(25)24-11-5-8-18(24)15-6-4-7-16(21)12-15/h4,6-7,12,18H,5,8-11H2,1-3H3. The molecule has 0 saturated carbocycles. The largest absolute Gasteiger partial charge is 0.336 e. The predicted octanol–water partition coefficient (Wildman–Crippen LogP) is 4.87. The number of thioether (sulfide) groups is 1. The summed E-state index contributed by atoms with van der Waals surface area (Å²) in [4.78, 5) is 24.0. The van der Waals surface area contributed by atoms with Crippen molar-refractivity contribution in [3.8, 4) is 0 Å². The second kappa shape index (κ2) is 8.53. The van der Waals surface area contributed by atoms with E-state index >= 15 is 0 Å². The molecule has 0 radical (unpaired) electrons. The van der Waals surface area contributed by atoms with E-state index in [0.29, 0.717) is 12.8 Å². The third-order valence-electron chi connectivity index (χ3n) is 4.98. The van der Waals surface area contributed by atoms with Crippen molar-refractivity contribution in [2.75, 3.05) is 12.8 Å². The van der Waals surface area contributed by atoms with Gasteiger partial charge in [-0.15, -0.1) is 0 Å². The topological polar surface area (TPSA) is 46.1 Å². The van der Waals surface area contributed by atoms with Gasteiger partial charge < -0.3 is 4.90 Å². The Kier molecular flexibility index (Phi) is 6.35. The fourth-order valence-corrected chi connectivity index (χ4v) is 4.54. The molecule has 1 unspecified atom stereocenters. The number of halogens is 1. The smallest absolute Gasteiger partial charge is 0.223 e. The molecule has 1 aliphatic rings. The average molecular weight is 434 g/mol. The zero-order valence-electron chi connectivity index (χ0n) is 15.5. The van der Waals surface area contributed by atoms with Crippen molar-refractivity contribution in [2.24, 2.45) is 0 Å². The average Bonchev–Trinajstić information content (AvgIpc) is 3.10. The highest BCUT2D eigenvalue weighted by molar-refractivity contribution is 9.10. The number of nitrogens with zero attached hydrogens (tertiary/aromatic N) is 3. The normalized spacial score (nSPS) is 16.9. The third kappa shape index (κ3) is 4.29. The summed E-state index contributed by atoms with van der Waals surface area (Å²) in [7, 11) is 0. The SMILES string of the molecule is CSc1nc(C)c(CCC(=O)N2CCCC2c2cccc(Br)c2)c(C)n1. The highest BCUT2D eigenvalue weighted by Crippen LogP contribution is 2.33. The molecule has 1 amide bonds. The number of benzene rings is 1. The molecule has 0 spiro atoms. The van der Waals surface area contributed by atoms with Crippen molar-refractivity contribution in [3.63, 3.8) is 0 Å². The van der Waals surface area contributed by atoms with Crippen LogP contribution in [-0.2, 0) is 11.2 Å². The lowest BCUT2D eigenvalue weighted by molar-refractivity contribution is -0.132. The van der Waals surface area contributed by atoms with E-state index in [1.165, 1.54) is 5.56 Å². The summed E-state index contributed by atoms with van der Waals surface area (Å²) in [5.41, 5.74) is 4.29. The van der Waals surface area contributed by atoms with Gasteiger partial charge in [-0.25, -0.2) is 9.97 Å². The van der Waals surface area contributed by atoms with Gasteiger partial charge in [-0.2, -0.15) is 0 Å². The second-order valence-corrected chi connectivity index (χ2v) is 8.35. The van der Waals surface area contributed by atoms with Crippen LogP contribution < -0.4 is 0 Å². The maximum atomic E-state index is 12.9. The molecular formula is C20H24BrN3OS. The minimum atomic E-state index is 0.192. The van der Waals surface area contributed by atoms with E-state index < -0.39 is 0 Å². The molecule has 0 aliphatic carbocycles. The third-order valence-corrected chi connectivity index (χ3v) is 6.02. The molecule has 1 aliphatic heterocycles. The van der Waals surface area contributed by atoms with Gasteiger partial charge in [0, 0.05) is 28.8 Å². The molecule has 1 atom stereocenters. The number of likely N-dealkylation sites (tertiary alicyclic amines) is 1. The van der Waals surface area contributed by atoms with Gasteiger partial charge in [0.25, 0.3) is 0 Å². The molecule has 2 aromatic rings. The lowest BCUT2D eigenvalue weighted by atomic mass is 10.0. The van der Waals surface area contributed by atoms with Gasteiger partial charge in [0.1, 0.15) is 0 Å². The molecule has 1 aromatic heterocycles. The van der Waals surface area contributed by atoms with Crippen LogP contribution in [0.25, 0.3) is 0 Å². The van der Waals surface area contributed by atoms with Crippen LogP contribution in [0.15, 0.2) is 33.9 Å². The molecule has 138 valence electrons. The Morgan fingerprint density at radius 3 is 2.69 bits per heavy atom. The summed E-state index contributed by atoms with van der Waals surface area (Å²) >= 11 is 5.08. The highest BCUT2D eigenvalue weighted by atomic mass is 79.9. The lowest BCUT2D eigenvalue weighted by Crippen LogP contribution is -2.30. The Labute approximate surface area is 167 Å². The van der Waals surface area contributed by atoms with Gasteiger partial charge in [-0.05, 0) is 62.6 Å². The van der Waals surface area contributed by atoms with Crippen molar-refractivity contribution >= 4 is 33.6 Å². The minimum absolute atomic E-state index is 0.192. The summed E-state index contributed by atoms with van der Waals surface area (Å²) in [5.74, 6) is 0.222. The monoisotopic (exact) mass is 433 g/mol. The van der Waals surface area contributed by atoms with Gasteiger partial charge in [0.2, 0.25) is 5.91 Å². The Morgan fingerprint density at radius 2 is 2.04 bits per heavy atom. The first-order valence-corrected chi connectivity index (χ1v) is 10.9. The van der Waals surface area contributed by atoms with Crippen molar-refractivity contribution in [2.45, 2.75) is 50.7 Å². The van der Waals surface area contributed by atoms with Crippen molar-refractivity contribution in [3.05, 3.63) is 51.3 Å². The number of carbonyl (C=O) groups excluding carboxylic acids is 1. The zero-order chi connectivity index (χ0) is 18.7. The van der Waals surface area contributed by atoms with Crippen LogP contribution in [0, 0.1) is 13.8 Å². The van der Waals surface area contributed by atoms with Crippen LogP contribution in [0.3, 0.4) is 0 Å². The number of amides is 1. The van der Waals surface area contributed by atoms with Crippen LogP contribution in [0.5, 0.6) is 0 Å². The fourth-order valence-electron chi connectivity index (χ4n) is 3.66. The number of aromatic nitrogens is 2. The van der Waals surface area contributed by atoms with Gasteiger partial charge in [-0.3, -0.25) is 4.79 Å². The summed E-state index contributed by atoms with van der Waals surface area (Å²) in [6.45, 7) is 4.86. The molecule has 0 N–H and O–H groups in total. The summed E-state index contributed by atoms with van der Waals surface area (Å²) in [5, 5.41) is 0.796. The molecule has 26 heavy (non-hydrogen) atoms. The van der Waals surface area contributed by atoms with Gasteiger partial charge in [0.15, 0.2) is 5.16 Å². The first kappa shape index (κ1) is 19.4. The molecule has 6 heteroatoms. The van der Waals surface area contributed by atoms with Gasteiger partial charge in [-0.1, -0.05) is 39.8 Å². The molecule has 3 rings (SSSR count).